The second-order valence-corrected chi connectivity index (χ2v) is 8.68. The molecule has 0 unspecified atom stereocenters. The molecule has 1 aliphatic rings. The molecule has 0 amide bonds. The molecule has 3 heterocycles. The minimum atomic E-state index is -0.235. The number of nitriles is 1. The van der Waals surface area contributed by atoms with Gasteiger partial charge in [-0.05, 0) is 54.8 Å². The number of nitrogens with zero attached hydrogens (tertiary/aromatic N) is 5. The molecule has 5 rings (SSSR count). The molecule has 0 saturated heterocycles. The fraction of sp³-hybridized carbons (Fsp3) is 0.103. The Labute approximate surface area is 210 Å². The summed E-state index contributed by atoms with van der Waals surface area (Å²) in [7, 11) is 0. The van der Waals surface area contributed by atoms with Crippen LogP contribution in [0.15, 0.2) is 85.5 Å². The van der Waals surface area contributed by atoms with Gasteiger partial charge in [-0.3, -0.25) is 4.98 Å². The van der Waals surface area contributed by atoms with Crippen molar-refractivity contribution in [1.29, 1.82) is 5.26 Å². The van der Waals surface area contributed by atoms with Crippen molar-refractivity contribution >= 4 is 29.2 Å². The molecular weight excluding hydrogens is 446 g/mol. The number of nitrogens with one attached hydrogen (secondary N) is 1. The van der Waals surface area contributed by atoms with Crippen molar-refractivity contribution in [2.75, 3.05) is 16.0 Å². The van der Waals surface area contributed by atoms with E-state index in [2.05, 4.69) is 74.2 Å². The summed E-state index contributed by atoms with van der Waals surface area (Å²) in [5.41, 5.74) is 14.2. The third-order valence-electron chi connectivity index (χ3n) is 6.14. The van der Waals surface area contributed by atoms with E-state index in [-0.39, 0.29) is 12.0 Å². The SMILES string of the molecule is C=C1c2c(cccc2-c2cncc(C)c2)C=C([C@H](C)Nc2nc(N)ncc2C#N)N1c1ccccc1. The molecule has 4 aromatic rings. The number of aryl methyl sites for hydroxylation is 1. The number of benzene rings is 2. The van der Waals surface area contributed by atoms with Crippen LogP contribution in [0.2, 0.25) is 0 Å². The van der Waals surface area contributed by atoms with E-state index in [4.69, 9.17) is 5.73 Å². The van der Waals surface area contributed by atoms with E-state index >= 15 is 0 Å². The van der Waals surface area contributed by atoms with E-state index in [0.29, 0.717) is 11.4 Å². The van der Waals surface area contributed by atoms with Gasteiger partial charge in [-0.25, -0.2) is 4.98 Å². The van der Waals surface area contributed by atoms with E-state index in [1.165, 1.54) is 6.20 Å². The first-order chi connectivity index (χ1) is 17.5. The summed E-state index contributed by atoms with van der Waals surface area (Å²) in [5, 5.41) is 12.9. The lowest BCUT2D eigenvalue weighted by Crippen LogP contribution is -2.34. The van der Waals surface area contributed by atoms with Gasteiger partial charge >= 0.3 is 0 Å². The van der Waals surface area contributed by atoms with Gasteiger partial charge in [-0.2, -0.15) is 10.2 Å². The topological polar surface area (TPSA) is 104 Å². The Balaban J connectivity index is 1.66. The van der Waals surface area contributed by atoms with Crippen molar-refractivity contribution in [2.45, 2.75) is 19.9 Å². The van der Waals surface area contributed by atoms with Crippen LogP contribution in [0.25, 0.3) is 22.9 Å². The van der Waals surface area contributed by atoms with Crippen molar-refractivity contribution in [3.8, 4) is 17.2 Å². The summed E-state index contributed by atoms with van der Waals surface area (Å²) in [4.78, 5) is 14.7. The van der Waals surface area contributed by atoms with E-state index in [1.54, 1.807) is 0 Å². The van der Waals surface area contributed by atoms with E-state index in [9.17, 15) is 5.26 Å². The molecule has 0 aliphatic carbocycles. The number of anilines is 3. The van der Waals surface area contributed by atoms with E-state index < -0.39 is 0 Å². The van der Waals surface area contributed by atoms with Crippen molar-refractivity contribution in [3.05, 3.63) is 108 Å². The maximum atomic E-state index is 9.54. The van der Waals surface area contributed by atoms with Gasteiger partial charge in [0.2, 0.25) is 5.95 Å². The second kappa shape index (κ2) is 9.35. The molecule has 1 aliphatic heterocycles. The normalized spacial score (nSPS) is 13.4. The number of pyridine rings is 1. The summed E-state index contributed by atoms with van der Waals surface area (Å²) < 4.78 is 0. The third kappa shape index (κ3) is 4.17. The highest BCUT2D eigenvalue weighted by molar-refractivity contribution is 5.97. The van der Waals surface area contributed by atoms with Crippen molar-refractivity contribution in [3.63, 3.8) is 0 Å². The first-order valence-corrected chi connectivity index (χ1v) is 11.6. The Morgan fingerprint density at radius 3 is 2.64 bits per heavy atom. The van der Waals surface area contributed by atoms with Crippen LogP contribution in [-0.4, -0.2) is 21.0 Å². The van der Waals surface area contributed by atoms with Gasteiger partial charge in [-0.15, -0.1) is 0 Å². The van der Waals surface area contributed by atoms with Crippen LogP contribution in [0.4, 0.5) is 17.5 Å². The zero-order chi connectivity index (χ0) is 25.2. The lowest BCUT2D eigenvalue weighted by molar-refractivity contribution is 0.880. The highest BCUT2D eigenvalue weighted by Gasteiger charge is 2.29. The number of rotatable bonds is 5. The van der Waals surface area contributed by atoms with Crippen LogP contribution in [0, 0.1) is 18.3 Å². The van der Waals surface area contributed by atoms with E-state index in [0.717, 1.165) is 44.9 Å². The molecule has 3 N–H and O–H groups in total. The van der Waals surface area contributed by atoms with Crippen LogP contribution in [0.1, 0.15) is 29.2 Å². The molecule has 0 bridgehead atoms. The molecule has 176 valence electrons. The Morgan fingerprint density at radius 1 is 1.08 bits per heavy atom. The molecule has 1 atom stereocenters. The molecule has 0 saturated carbocycles. The van der Waals surface area contributed by atoms with Gasteiger partial charge in [0.05, 0.1) is 12.2 Å². The fourth-order valence-electron chi connectivity index (χ4n) is 4.51. The molecule has 2 aromatic heterocycles. The lowest BCUT2D eigenvalue weighted by Gasteiger charge is -2.37. The lowest BCUT2D eigenvalue weighted by atomic mass is 9.89. The number of nitrogens with two attached hydrogens (primary N) is 1. The Bertz CT molecular complexity index is 1530. The van der Waals surface area contributed by atoms with Gasteiger partial charge in [0.15, 0.2) is 0 Å². The molecule has 2 aromatic carbocycles. The Kier molecular flexibility index (Phi) is 5.93. The number of aromatic nitrogens is 3. The average Bonchev–Trinajstić information content (AvgIpc) is 2.89. The number of fused-ring (bicyclic) bond motifs is 1. The maximum Gasteiger partial charge on any atom is 0.222 e. The predicted molar refractivity (Wildman–Crippen MR) is 145 cm³/mol. The number of hydrogen-bond donors (Lipinski definition) is 2. The monoisotopic (exact) mass is 471 g/mol. The minimum absolute atomic E-state index is 0.104. The molecule has 0 spiro atoms. The van der Waals surface area contributed by atoms with Crippen LogP contribution in [0.3, 0.4) is 0 Å². The van der Waals surface area contributed by atoms with Gasteiger partial charge in [0.1, 0.15) is 17.5 Å². The van der Waals surface area contributed by atoms with Gasteiger partial charge < -0.3 is 16.0 Å². The molecule has 7 nitrogen and oxygen atoms in total. The molecule has 7 heteroatoms. The Morgan fingerprint density at radius 2 is 1.89 bits per heavy atom. The van der Waals surface area contributed by atoms with Crippen LogP contribution < -0.4 is 16.0 Å². The molecule has 36 heavy (non-hydrogen) atoms. The van der Waals surface area contributed by atoms with Crippen molar-refractivity contribution in [1.82, 2.24) is 15.0 Å². The predicted octanol–water partition coefficient (Wildman–Crippen LogP) is 5.63. The quantitative estimate of drug-likeness (QED) is 0.388. The minimum Gasteiger partial charge on any atom is -0.368 e. The smallest absolute Gasteiger partial charge is 0.222 e. The first-order valence-electron chi connectivity index (χ1n) is 11.6. The first kappa shape index (κ1) is 22.8. The zero-order valence-electron chi connectivity index (χ0n) is 20.1. The zero-order valence-corrected chi connectivity index (χ0v) is 20.1. The summed E-state index contributed by atoms with van der Waals surface area (Å²) in [6, 6.07) is 20.4. The maximum absolute atomic E-state index is 9.54. The van der Waals surface area contributed by atoms with Crippen molar-refractivity contribution in [2.24, 2.45) is 0 Å². The summed E-state index contributed by atoms with van der Waals surface area (Å²) in [6.45, 7) is 8.61. The molecular formula is C29H25N7. The van der Waals surface area contributed by atoms with Gasteiger partial charge in [0, 0.05) is 40.6 Å². The largest absolute Gasteiger partial charge is 0.368 e. The van der Waals surface area contributed by atoms with Crippen LogP contribution >= 0.6 is 0 Å². The van der Waals surface area contributed by atoms with Gasteiger partial charge in [0.25, 0.3) is 0 Å². The van der Waals surface area contributed by atoms with Crippen LogP contribution in [0.5, 0.6) is 0 Å². The number of hydrogen-bond acceptors (Lipinski definition) is 7. The average molecular weight is 472 g/mol. The summed E-state index contributed by atoms with van der Waals surface area (Å²) >= 11 is 0. The Hall–Kier alpha value is -4.96. The second-order valence-electron chi connectivity index (χ2n) is 8.68. The van der Waals surface area contributed by atoms with Crippen LogP contribution in [-0.2, 0) is 0 Å². The summed E-state index contributed by atoms with van der Waals surface area (Å²) in [5.74, 6) is 0.495. The molecule has 0 radical (unpaired) electrons. The molecule has 0 fully saturated rings. The highest BCUT2D eigenvalue weighted by Crippen LogP contribution is 2.42. The van der Waals surface area contributed by atoms with Gasteiger partial charge in [-0.1, -0.05) is 43.0 Å². The third-order valence-corrected chi connectivity index (χ3v) is 6.14. The standard InChI is InChI=1S/C29H25N7/c1-18-12-22(16-32-15-18)25-11-7-8-21-13-26(19(2)34-28-23(14-30)17-33-29(31)35-28)36(20(3)27(21)25)24-9-5-4-6-10-24/h4-13,15-17,19H,3H2,1-2H3,(H3,31,33,34,35)/t19-/m0/s1. The van der Waals surface area contributed by atoms with E-state index in [1.807, 2.05) is 50.5 Å². The van der Waals surface area contributed by atoms with Crippen molar-refractivity contribution < 1.29 is 0 Å². The highest BCUT2D eigenvalue weighted by atomic mass is 15.2. The fourth-order valence-corrected chi connectivity index (χ4v) is 4.51. The summed E-state index contributed by atoms with van der Waals surface area (Å²) in [6.07, 6.45) is 7.32. The number of nitrogen functional groups attached to an aromatic ring is 1. The number of para-hydroxylation sites is 1.